The van der Waals surface area contributed by atoms with Gasteiger partial charge in [-0.3, -0.25) is 9.69 Å². The number of rotatable bonds is 2. The summed E-state index contributed by atoms with van der Waals surface area (Å²) in [5.74, 6) is -0.392. The fraction of sp³-hybridized carbons (Fsp3) is 0.357. The maximum atomic E-state index is 12.1. The molecule has 5 nitrogen and oxygen atoms in total. The van der Waals surface area contributed by atoms with Crippen LogP contribution in [0, 0.1) is 17.2 Å². The number of nitrogens with one attached hydrogen (secondary N) is 1. The Hall–Kier alpha value is -2.35. The van der Waals surface area contributed by atoms with Gasteiger partial charge < -0.3 is 5.32 Å². The zero-order valence-corrected chi connectivity index (χ0v) is 10.9. The SMILES string of the molecule is CC1NC(=O)N(Cc2ccc(C#N)cc2)C(=O)C1C. The van der Waals surface area contributed by atoms with Gasteiger partial charge >= 0.3 is 6.03 Å². The number of hydrogen-bond acceptors (Lipinski definition) is 3. The molecule has 1 fully saturated rings. The molecule has 1 aromatic carbocycles. The largest absolute Gasteiger partial charge is 0.334 e. The number of carbonyl (C=O) groups is 2. The van der Waals surface area contributed by atoms with E-state index in [1.165, 1.54) is 4.90 Å². The Morgan fingerprint density at radius 3 is 2.47 bits per heavy atom. The molecule has 19 heavy (non-hydrogen) atoms. The van der Waals surface area contributed by atoms with Crippen LogP contribution in [0.25, 0.3) is 0 Å². The smallest absolute Gasteiger partial charge is 0.324 e. The van der Waals surface area contributed by atoms with Crippen LogP contribution in [-0.2, 0) is 11.3 Å². The van der Waals surface area contributed by atoms with E-state index in [1.54, 1.807) is 31.2 Å². The second kappa shape index (κ2) is 5.11. The summed E-state index contributed by atoms with van der Waals surface area (Å²) in [4.78, 5) is 25.1. The van der Waals surface area contributed by atoms with Crippen LogP contribution in [0.2, 0.25) is 0 Å². The number of nitriles is 1. The molecule has 2 atom stereocenters. The number of hydrogen-bond donors (Lipinski definition) is 1. The van der Waals surface area contributed by atoms with E-state index in [2.05, 4.69) is 5.32 Å². The number of imide groups is 1. The molecular formula is C14H15N3O2. The first-order chi connectivity index (χ1) is 9.02. The van der Waals surface area contributed by atoms with Crippen molar-refractivity contribution in [1.29, 1.82) is 5.26 Å². The minimum absolute atomic E-state index is 0.141. The predicted molar refractivity (Wildman–Crippen MR) is 68.9 cm³/mol. The van der Waals surface area contributed by atoms with Gasteiger partial charge in [-0.25, -0.2) is 4.79 Å². The summed E-state index contributed by atoms with van der Waals surface area (Å²) in [6, 6.07) is 8.38. The Labute approximate surface area is 111 Å². The number of carbonyl (C=O) groups excluding carboxylic acids is 2. The van der Waals surface area contributed by atoms with Crippen LogP contribution in [0.3, 0.4) is 0 Å². The molecule has 3 amide bonds. The average Bonchev–Trinajstić information content (AvgIpc) is 2.42. The van der Waals surface area contributed by atoms with Crippen molar-refractivity contribution in [2.75, 3.05) is 0 Å². The standard InChI is InChI=1S/C14H15N3O2/c1-9-10(2)16-14(19)17(13(9)18)8-12-5-3-11(7-15)4-6-12/h3-6,9-10H,8H2,1-2H3,(H,16,19). The summed E-state index contributed by atoms with van der Waals surface area (Å²) in [5.41, 5.74) is 1.38. The van der Waals surface area contributed by atoms with Gasteiger partial charge in [0.15, 0.2) is 0 Å². The maximum Gasteiger partial charge on any atom is 0.324 e. The van der Waals surface area contributed by atoms with Gasteiger partial charge in [0.05, 0.1) is 24.1 Å². The van der Waals surface area contributed by atoms with Gasteiger partial charge in [0, 0.05) is 6.04 Å². The van der Waals surface area contributed by atoms with E-state index in [0.29, 0.717) is 5.56 Å². The van der Waals surface area contributed by atoms with Crippen molar-refractivity contribution in [1.82, 2.24) is 10.2 Å². The number of urea groups is 1. The first-order valence-corrected chi connectivity index (χ1v) is 6.14. The van der Waals surface area contributed by atoms with Gasteiger partial charge in [0.1, 0.15) is 0 Å². The highest BCUT2D eigenvalue weighted by molar-refractivity contribution is 5.98. The molecule has 2 unspecified atom stereocenters. The van der Waals surface area contributed by atoms with Crippen molar-refractivity contribution in [3.05, 3.63) is 35.4 Å². The molecule has 1 N–H and O–H groups in total. The zero-order valence-electron chi connectivity index (χ0n) is 10.9. The third-order valence-electron chi connectivity index (χ3n) is 3.43. The Morgan fingerprint density at radius 2 is 1.89 bits per heavy atom. The Morgan fingerprint density at radius 1 is 1.26 bits per heavy atom. The maximum absolute atomic E-state index is 12.1. The summed E-state index contributed by atoms with van der Waals surface area (Å²) in [5, 5.41) is 11.5. The van der Waals surface area contributed by atoms with Crippen molar-refractivity contribution in [3.63, 3.8) is 0 Å². The number of benzene rings is 1. The molecular weight excluding hydrogens is 242 g/mol. The van der Waals surface area contributed by atoms with Gasteiger partial charge in [0.25, 0.3) is 0 Å². The third kappa shape index (κ3) is 2.58. The van der Waals surface area contributed by atoms with Crippen LogP contribution in [0.5, 0.6) is 0 Å². The highest BCUT2D eigenvalue weighted by Crippen LogP contribution is 2.17. The number of amides is 3. The topological polar surface area (TPSA) is 73.2 Å². The monoisotopic (exact) mass is 257 g/mol. The van der Waals surface area contributed by atoms with Gasteiger partial charge in [-0.05, 0) is 24.6 Å². The Bertz CT molecular complexity index is 545. The van der Waals surface area contributed by atoms with Crippen LogP contribution in [0.15, 0.2) is 24.3 Å². The fourth-order valence-electron chi connectivity index (χ4n) is 1.97. The zero-order chi connectivity index (χ0) is 14.0. The van der Waals surface area contributed by atoms with Crippen LogP contribution in [0.1, 0.15) is 25.0 Å². The molecule has 0 saturated carbocycles. The van der Waals surface area contributed by atoms with Gasteiger partial charge in [-0.2, -0.15) is 5.26 Å². The second-order valence-corrected chi connectivity index (χ2v) is 4.76. The summed E-state index contributed by atoms with van der Waals surface area (Å²) >= 11 is 0. The van der Waals surface area contributed by atoms with E-state index >= 15 is 0 Å². The van der Waals surface area contributed by atoms with Crippen molar-refractivity contribution in [2.24, 2.45) is 5.92 Å². The fourth-order valence-corrected chi connectivity index (χ4v) is 1.97. The predicted octanol–water partition coefficient (Wildman–Crippen LogP) is 1.63. The summed E-state index contributed by atoms with van der Waals surface area (Å²) < 4.78 is 0. The molecule has 0 aromatic heterocycles. The lowest BCUT2D eigenvalue weighted by Crippen LogP contribution is -2.57. The minimum atomic E-state index is -0.361. The lowest BCUT2D eigenvalue weighted by molar-refractivity contribution is -0.134. The van der Waals surface area contributed by atoms with E-state index < -0.39 is 0 Å². The molecule has 0 aliphatic carbocycles. The van der Waals surface area contributed by atoms with E-state index in [-0.39, 0.29) is 30.4 Å². The molecule has 1 aromatic rings. The van der Waals surface area contributed by atoms with Crippen LogP contribution < -0.4 is 5.32 Å². The highest BCUT2D eigenvalue weighted by atomic mass is 16.2. The molecule has 0 bridgehead atoms. The molecule has 1 saturated heterocycles. The van der Waals surface area contributed by atoms with E-state index in [4.69, 9.17) is 5.26 Å². The Balaban J connectivity index is 2.15. The van der Waals surface area contributed by atoms with Crippen LogP contribution >= 0.6 is 0 Å². The first kappa shape index (κ1) is 13.1. The molecule has 98 valence electrons. The van der Waals surface area contributed by atoms with Gasteiger partial charge in [-0.1, -0.05) is 19.1 Å². The molecule has 1 aliphatic rings. The van der Waals surface area contributed by atoms with E-state index in [1.807, 2.05) is 13.0 Å². The van der Waals surface area contributed by atoms with Crippen LogP contribution in [0.4, 0.5) is 4.79 Å². The minimum Gasteiger partial charge on any atom is -0.334 e. The second-order valence-electron chi connectivity index (χ2n) is 4.76. The van der Waals surface area contributed by atoms with Crippen molar-refractivity contribution < 1.29 is 9.59 Å². The first-order valence-electron chi connectivity index (χ1n) is 6.14. The lowest BCUT2D eigenvalue weighted by atomic mass is 9.99. The molecule has 5 heteroatoms. The lowest BCUT2D eigenvalue weighted by Gasteiger charge is -2.34. The average molecular weight is 257 g/mol. The van der Waals surface area contributed by atoms with Crippen molar-refractivity contribution in [3.8, 4) is 6.07 Å². The molecule has 1 heterocycles. The summed E-state index contributed by atoms with van der Waals surface area (Å²) in [6.07, 6.45) is 0. The van der Waals surface area contributed by atoms with Crippen molar-refractivity contribution in [2.45, 2.75) is 26.4 Å². The molecule has 0 radical (unpaired) electrons. The summed E-state index contributed by atoms with van der Waals surface area (Å²) in [6.45, 7) is 3.85. The normalized spacial score (nSPS) is 22.9. The van der Waals surface area contributed by atoms with Gasteiger partial charge in [-0.15, -0.1) is 0 Å². The van der Waals surface area contributed by atoms with E-state index in [0.717, 1.165) is 5.56 Å². The molecule has 1 aliphatic heterocycles. The molecule has 0 spiro atoms. The van der Waals surface area contributed by atoms with Gasteiger partial charge in [0.2, 0.25) is 5.91 Å². The van der Waals surface area contributed by atoms with Crippen LogP contribution in [-0.4, -0.2) is 22.9 Å². The highest BCUT2D eigenvalue weighted by Gasteiger charge is 2.35. The van der Waals surface area contributed by atoms with Crippen molar-refractivity contribution >= 4 is 11.9 Å². The van der Waals surface area contributed by atoms with E-state index in [9.17, 15) is 9.59 Å². The third-order valence-corrected chi connectivity index (χ3v) is 3.43. The Kier molecular flexibility index (Phi) is 3.52. The quantitative estimate of drug-likeness (QED) is 0.875. The molecule has 2 rings (SSSR count). The number of nitrogens with zero attached hydrogens (tertiary/aromatic N) is 2. The summed E-state index contributed by atoms with van der Waals surface area (Å²) in [7, 11) is 0.